The number of anilines is 2. The van der Waals surface area contributed by atoms with Gasteiger partial charge in [-0.1, -0.05) is 116 Å². The molecule has 1 aliphatic carbocycles. The van der Waals surface area contributed by atoms with Gasteiger partial charge < -0.3 is 11.1 Å². The Morgan fingerprint density at radius 3 is 2.11 bits per heavy atom. The van der Waals surface area contributed by atoms with Gasteiger partial charge >= 0.3 is 0 Å². The first-order valence-corrected chi connectivity index (χ1v) is 19.5. The molecular weight excluding hydrogens is 697 g/mol. The highest BCUT2D eigenvalue weighted by molar-refractivity contribution is 6.17. The Hall–Kier alpha value is -6.29. The second-order valence-electron chi connectivity index (χ2n) is 15.3. The summed E-state index contributed by atoms with van der Waals surface area (Å²) in [4.78, 5) is 43.2. The van der Waals surface area contributed by atoms with Crippen molar-refractivity contribution >= 4 is 35.1 Å². The van der Waals surface area contributed by atoms with E-state index in [2.05, 4.69) is 22.4 Å². The van der Waals surface area contributed by atoms with Crippen LogP contribution < -0.4 is 16.0 Å². The molecule has 1 saturated carbocycles. The third-order valence-corrected chi connectivity index (χ3v) is 11.8. The van der Waals surface area contributed by atoms with Crippen LogP contribution in [-0.4, -0.2) is 57.1 Å². The van der Waals surface area contributed by atoms with Crippen LogP contribution >= 0.6 is 0 Å². The maximum Gasteiger partial charge on any atom is 0.266 e. The number of amides is 2. The van der Waals surface area contributed by atoms with Crippen molar-refractivity contribution in [2.45, 2.75) is 68.6 Å². The van der Waals surface area contributed by atoms with Crippen LogP contribution in [0.15, 0.2) is 145 Å². The maximum absolute atomic E-state index is 14.6. The first kappa shape index (κ1) is 36.7. The summed E-state index contributed by atoms with van der Waals surface area (Å²) in [7, 11) is 1.72. The van der Waals surface area contributed by atoms with E-state index in [0.717, 1.165) is 59.3 Å². The van der Waals surface area contributed by atoms with E-state index in [9.17, 15) is 15.0 Å². The number of aryl methyl sites for hydroxylation is 1. The molecule has 3 heterocycles. The zero-order chi connectivity index (χ0) is 38.7. The van der Waals surface area contributed by atoms with Crippen molar-refractivity contribution in [3.63, 3.8) is 0 Å². The van der Waals surface area contributed by atoms with Crippen LogP contribution in [0.5, 0.6) is 0 Å². The number of benzene rings is 4. The molecule has 2 amide bonds. The summed E-state index contributed by atoms with van der Waals surface area (Å²) in [5.41, 5.74) is 9.63. The van der Waals surface area contributed by atoms with Gasteiger partial charge in [-0.05, 0) is 84.5 Å². The number of aromatic nitrogens is 1. The van der Waals surface area contributed by atoms with Crippen LogP contribution in [0.3, 0.4) is 0 Å². The van der Waals surface area contributed by atoms with Crippen molar-refractivity contribution in [3.05, 3.63) is 162 Å². The molecule has 0 unspecified atom stereocenters. The predicted molar refractivity (Wildman–Crippen MR) is 221 cm³/mol. The van der Waals surface area contributed by atoms with Gasteiger partial charge in [0.2, 0.25) is 5.96 Å². The summed E-state index contributed by atoms with van der Waals surface area (Å²) < 4.78 is 0. The maximum atomic E-state index is 14.6. The van der Waals surface area contributed by atoms with E-state index in [1.807, 2.05) is 126 Å². The minimum Gasteiger partial charge on any atom is -0.381 e. The number of likely N-dealkylation sites (N-methyl/N-ethyl adjacent to an activating group) is 1. The minimum absolute atomic E-state index is 0.0466. The highest BCUT2D eigenvalue weighted by atomic mass is 16.2. The summed E-state index contributed by atoms with van der Waals surface area (Å²) in [6.45, 7) is 0.221. The van der Waals surface area contributed by atoms with Crippen LogP contribution in [0, 0.1) is 11.3 Å². The normalized spacial score (nSPS) is 22.1. The zero-order valence-electron chi connectivity index (χ0n) is 31.7. The van der Waals surface area contributed by atoms with Crippen molar-refractivity contribution in [1.82, 2.24) is 14.8 Å². The van der Waals surface area contributed by atoms with E-state index in [1.165, 1.54) is 4.90 Å². The van der Waals surface area contributed by atoms with Crippen LogP contribution in [0.25, 0.3) is 0 Å². The molecule has 8 rings (SSSR count). The molecule has 4 aromatic carbocycles. The highest BCUT2D eigenvalue weighted by Gasteiger charge is 2.56. The number of pyridine rings is 1. The zero-order valence-corrected chi connectivity index (χ0v) is 31.7. The number of guanidine groups is 2. The molecule has 2 fully saturated rings. The SMILES string of the molecule is CN1C(=N)N(c2ccc(CN3C(=O)C(c4ccccc4)(c4ccccc4)N=C3N)cc2)[C@](CCc2ccccc2)(C[C@H]2CCC[C@@H](Nc3cccnc3)C2)C1=O. The second-order valence-corrected chi connectivity index (χ2v) is 15.3. The number of hydrogen-bond donors (Lipinski definition) is 3. The summed E-state index contributed by atoms with van der Waals surface area (Å²) >= 11 is 0. The average molecular weight is 745 g/mol. The molecule has 10 nitrogen and oxygen atoms in total. The fraction of sp³-hybridized carbons (Fsp3) is 0.283. The topological polar surface area (TPSA) is 131 Å². The molecule has 1 saturated heterocycles. The van der Waals surface area contributed by atoms with E-state index >= 15 is 0 Å². The molecule has 10 heteroatoms. The summed E-state index contributed by atoms with van der Waals surface area (Å²) in [6, 6.07) is 41.5. The van der Waals surface area contributed by atoms with Gasteiger partial charge in [0.15, 0.2) is 11.5 Å². The fourth-order valence-electron chi connectivity index (χ4n) is 9.06. The number of carbonyl (C=O) groups is 2. The van der Waals surface area contributed by atoms with E-state index < -0.39 is 11.1 Å². The van der Waals surface area contributed by atoms with Crippen LogP contribution in [0.2, 0.25) is 0 Å². The van der Waals surface area contributed by atoms with E-state index in [0.29, 0.717) is 19.3 Å². The van der Waals surface area contributed by atoms with Crippen molar-refractivity contribution in [1.29, 1.82) is 5.41 Å². The first-order chi connectivity index (χ1) is 27.3. The quantitative estimate of drug-likeness (QED) is 0.123. The molecule has 56 heavy (non-hydrogen) atoms. The number of carbonyl (C=O) groups excluding carboxylic acids is 2. The molecule has 1 aromatic heterocycles. The Labute approximate surface area is 328 Å². The molecule has 5 aromatic rings. The summed E-state index contributed by atoms with van der Waals surface area (Å²) in [5, 5.41) is 13.0. The van der Waals surface area contributed by atoms with Crippen molar-refractivity contribution in [2.24, 2.45) is 16.6 Å². The fourth-order valence-corrected chi connectivity index (χ4v) is 9.06. The molecule has 0 bridgehead atoms. The number of hydrogen-bond acceptors (Lipinski definition) is 7. The Bertz CT molecular complexity index is 2160. The Morgan fingerprint density at radius 2 is 1.46 bits per heavy atom. The lowest BCUT2D eigenvalue weighted by Gasteiger charge is -2.41. The number of nitrogens with one attached hydrogen (secondary N) is 2. The van der Waals surface area contributed by atoms with Crippen molar-refractivity contribution in [3.8, 4) is 0 Å². The number of nitrogens with two attached hydrogens (primary N) is 1. The van der Waals surface area contributed by atoms with E-state index in [1.54, 1.807) is 18.1 Å². The Morgan fingerprint density at radius 1 is 0.804 bits per heavy atom. The molecule has 3 atom stereocenters. The van der Waals surface area contributed by atoms with Gasteiger partial charge in [0.1, 0.15) is 5.54 Å². The van der Waals surface area contributed by atoms with Gasteiger partial charge in [0.05, 0.1) is 12.2 Å². The molecular formula is C46H48N8O2. The van der Waals surface area contributed by atoms with Crippen molar-refractivity contribution < 1.29 is 9.59 Å². The van der Waals surface area contributed by atoms with Crippen LogP contribution in [-0.2, 0) is 28.1 Å². The average Bonchev–Trinajstić information content (AvgIpc) is 3.59. The second kappa shape index (κ2) is 15.5. The molecule has 0 spiro atoms. The highest BCUT2D eigenvalue weighted by Crippen LogP contribution is 2.44. The van der Waals surface area contributed by atoms with E-state index in [-0.39, 0.29) is 42.2 Å². The predicted octanol–water partition coefficient (Wildman–Crippen LogP) is 7.33. The molecule has 2 aliphatic heterocycles. The van der Waals surface area contributed by atoms with Gasteiger partial charge in [-0.3, -0.25) is 34.7 Å². The third-order valence-electron chi connectivity index (χ3n) is 11.8. The lowest BCUT2D eigenvalue weighted by atomic mass is 9.74. The van der Waals surface area contributed by atoms with Crippen LogP contribution in [0.1, 0.15) is 60.8 Å². The summed E-state index contributed by atoms with van der Waals surface area (Å²) in [6.07, 6.45) is 9.61. The lowest BCUT2D eigenvalue weighted by Crippen LogP contribution is -2.52. The monoisotopic (exact) mass is 744 g/mol. The molecule has 284 valence electrons. The van der Waals surface area contributed by atoms with Gasteiger partial charge in [-0.25, -0.2) is 4.99 Å². The van der Waals surface area contributed by atoms with Crippen molar-refractivity contribution in [2.75, 3.05) is 17.3 Å². The van der Waals surface area contributed by atoms with Gasteiger partial charge in [-0.15, -0.1) is 0 Å². The molecule has 0 radical (unpaired) electrons. The molecule has 3 aliphatic rings. The Balaban J connectivity index is 1.08. The van der Waals surface area contributed by atoms with Gasteiger partial charge in [0.25, 0.3) is 11.8 Å². The number of rotatable bonds is 12. The Kier molecular flexibility index (Phi) is 10.1. The lowest BCUT2D eigenvalue weighted by molar-refractivity contribution is -0.131. The molecule has 4 N–H and O–H groups in total. The third kappa shape index (κ3) is 6.80. The number of aliphatic imine (C=N–C) groups is 1. The number of nitrogens with zero attached hydrogens (tertiary/aromatic N) is 5. The smallest absolute Gasteiger partial charge is 0.266 e. The largest absolute Gasteiger partial charge is 0.381 e. The van der Waals surface area contributed by atoms with Gasteiger partial charge in [-0.2, -0.15) is 0 Å². The first-order valence-electron chi connectivity index (χ1n) is 19.5. The van der Waals surface area contributed by atoms with Gasteiger partial charge in [0, 0.05) is 31.2 Å². The standard InChI is InChI=1S/C46H48N8O2/c1-52-41(55)45(27-26-33-13-5-2-6-14-33,30-35-15-11-20-38(29-35)50-39-21-12-28-49-31-39)54(44(52)48)40-24-22-34(23-25-40)32-53-42(56)46(51-43(53)47,36-16-7-3-8-17-36)37-18-9-4-10-19-37/h2-10,12-14,16-19,21-25,28,31,35,38,48,50H,11,15,20,26-27,29-30,32H2,1H3,(H2,47,51)/t35-,38+,45+/m0/s1. The van der Waals surface area contributed by atoms with Crippen LogP contribution in [0.4, 0.5) is 11.4 Å². The summed E-state index contributed by atoms with van der Waals surface area (Å²) in [5.74, 6) is 0.336. The van der Waals surface area contributed by atoms with E-state index in [4.69, 9.17) is 10.7 Å². The minimum atomic E-state index is -1.29.